The fourth-order valence-corrected chi connectivity index (χ4v) is 2.40. The predicted molar refractivity (Wildman–Crippen MR) is 66.6 cm³/mol. The summed E-state index contributed by atoms with van der Waals surface area (Å²) in [6, 6.07) is -0.585. The number of aliphatic hydroxyl groups excluding tert-OH is 4. The predicted octanol–water partition coefficient (Wildman–Crippen LogP) is -1.61. The van der Waals surface area contributed by atoms with Crippen molar-refractivity contribution in [1.82, 2.24) is 4.90 Å². The van der Waals surface area contributed by atoms with Gasteiger partial charge in [0.2, 0.25) is 0 Å². The molecule has 19 heavy (non-hydrogen) atoms. The maximum atomic E-state index is 10.3. The number of aliphatic hydroxyl groups is 4. The number of piperidine rings is 1. The number of rotatable bonds is 7. The summed E-state index contributed by atoms with van der Waals surface area (Å²) >= 11 is 0. The molecule has 0 aliphatic carbocycles. The fourth-order valence-electron chi connectivity index (χ4n) is 2.40. The van der Waals surface area contributed by atoms with Crippen LogP contribution in [0.4, 0.5) is 0 Å². The molecule has 0 bridgehead atoms. The molecule has 0 radical (unpaired) electrons. The van der Waals surface area contributed by atoms with Crippen molar-refractivity contribution in [3.63, 3.8) is 0 Å². The Bertz CT molecular complexity index is 287. The number of nitrogens with zero attached hydrogens (tertiary/aromatic N) is 1. The van der Waals surface area contributed by atoms with E-state index in [-0.39, 0.29) is 19.6 Å². The Morgan fingerprint density at radius 1 is 1.11 bits per heavy atom. The number of carbonyl (C=O) groups is 1. The van der Waals surface area contributed by atoms with Crippen LogP contribution < -0.4 is 0 Å². The molecule has 0 aromatic rings. The molecule has 112 valence electrons. The molecular formula is C12H23NO6. The van der Waals surface area contributed by atoms with Crippen LogP contribution in [-0.2, 0) is 4.79 Å². The van der Waals surface area contributed by atoms with Crippen molar-refractivity contribution in [2.24, 2.45) is 0 Å². The smallest absolute Gasteiger partial charge is 0.303 e. The Hall–Kier alpha value is -0.730. The van der Waals surface area contributed by atoms with Crippen LogP contribution in [0.25, 0.3) is 0 Å². The standard InChI is InChI=1S/C12H23NO6/c14-7-8-11(18)12(19)9(15)6-13(8)5-3-1-2-4-10(16)17/h8-9,11-12,14-15,18-19H,1-7H2,(H,16,17)/t8-,9+,11-,12-/m1/s1. The third-order valence-electron chi connectivity index (χ3n) is 3.55. The lowest BCUT2D eigenvalue weighted by Crippen LogP contribution is -2.62. The summed E-state index contributed by atoms with van der Waals surface area (Å²) in [4.78, 5) is 12.1. The van der Waals surface area contributed by atoms with E-state index in [0.29, 0.717) is 13.0 Å². The number of carboxylic acids is 1. The van der Waals surface area contributed by atoms with Crippen molar-refractivity contribution in [3.05, 3.63) is 0 Å². The van der Waals surface area contributed by atoms with Gasteiger partial charge in [-0.1, -0.05) is 6.42 Å². The highest BCUT2D eigenvalue weighted by Gasteiger charge is 2.40. The summed E-state index contributed by atoms with van der Waals surface area (Å²) < 4.78 is 0. The third-order valence-corrected chi connectivity index (χ3v) is 3.55. The molecule has 1 aliphatic heterocycles. The lowest BCUT2D eigenvalue weighted by molar-refractivity contribution is -0.145. The molecule has 0 spiro atoms. The molecule has 0 aromatic heterocycles. The molecule has 1 aliphatic rings. The van der Waals surface area contributed by atoms with Gasteiger partial charge >= 0.3 is 5.97 Å². The van der Waals surface area contributed by atoms with Gasteiger partial charge < -0.3 is 25.5 Å². The van der Waals surface area contributed by atoms with Gasteiger partial charge in [-0.3, -0.25) is 9.69 Å². The minimum absolute atomic E-state index is 0.132. The van der Waals surface area contributed by atoms with E-state index in [4.69, 9.17) is 5.11 Å². The van der Waals surface area contributed by atoms with E-state index in [0.717, 1.165) is 12.8 Å². The maximum absolute atomic E-state index is 10.3. The van der Waals surface area contributed by atoms with Gasteiger partial charge in [0.05, 0.1) is 18.8 Å². The number of hydrogen-bond donors (Lipinski definition) is 5. The zero-order valence-corrected chi connectivity index (χ0v) is 10.9. The summed E-state index contributed by atoms with van der Waals surface area (Å²) in [5.41, 5.74) is 0. The Kier molecular flexibility index (Phi) is 6.67. The molecule has 4 atom stereocenters. The van der Waals surface area contributed by atoms with Crippen LogP contribution in [-0.4, -0.2) is 80.5 Å². The molecule has 0 saturated carbocycles. The highest BCUT2D eigenvalue weighted by atomic mass is 16.4. The molecule has 0 amide bonds. The Labute approximate surface area is 112 Å². The van der Waals surface area contributed by atoms with Gasteiger partial charge in [0.1, 0.15) is 12.2 Å². The van der Waals surface area contributed by atoms with Crippen LogP contribution in [0.2, 0.25) is 0 Å². The number of β-amino-alcohol motifs (C(OH)–C–C–N with tert-alkyl or cyclic N) is 1. The molecule has 1 heterocycles. The summed E-state index contributed by atoms with van der Waals surface area (Å²) in [6.45, 7) is 0.453. The normalized spacial score (nSPS) is 32.4. The van der Waals surface area contributed by atoms with Gasteiger partial charge in [-0.2, -0.15) is 0 Å². The molecule has 7 nitrogen and oxygen atoms in total. The lowest BCUT2D eigenvalue weighted by Gasteiger charge is -2.43. The zero-order valence-electron chi connectivity index (χ0n) is 10.9. The van der Waals surface area contributed by atoms with Gasteiger partial charge in [-0.15, -0.1) is 0 Å². The van der Waals surface area contributed by atoms with E-state index in [1.54, 1.807) is 4.90 Å². The second kappa shape index (κ2) is 7.76. The van der Waals surface area contributed by atoms with Crippen LogP contribution >= 0.6 is 0 Å². The van der Waals surface area contributed by atoms with E-state index < -0.39 is 30.3 Å². The first-order valence-corrected chi connectivity index (χ1v) is 6.58. The third kappa shape index (κ3) is 4.70. The number of carboxylic acid groups (broad SMARTS) is 1. The molecule has 1 saturated heterocycles. The van der Waals surface area contributed by atoms with Crippen LogP contribution in [0, 0.1) is 0 Å². The minimum Gasteiger partial charge on any atom is -0.481 e. The monoisotopic (exact) mass is 277 g/mol. The van der Waals surface area contributed by atoms with Crippen molar-refractivity contribution >= 4 is 5.97 Å². The van der Waals surface area contributed by atoms with Crippen molar-refractivity contribution in [1.29, 1.82) is 0 Å². The average Bonchev–Trinajstić information content (AvgIpc) is 2.35. The van der Waals surface area contributed by atoms with E-state index >= 15 is 0 Å². The molecule has 1 fully saturated rings. The first kappa shape index (κ1) is 16.3. The molecule has 1 rings (SSSR count). The van der Waals surface area contributed by atoms with Gasteiger partial charge in [0.25, 0.3) is 0 Å². The summed E-state index contributed by atoms with van der Waals surface area (Å²) in [7, 11) is 0. The first-order chi connectivity index (χ1) is 8.97. The first-order valence-electron chi connectivity index (χ1n) is 6.58. The molecule has 7 heteroatoms. The van der Waals surface area contributed by atoms with Crippen LogP contribution in [0.3, 0.4) is 0 Å². The molecule has 5 N–H and O–H groups in total. The topological polar surface area (TPSA) is 121 Å². The molecule has 0 unspecified atom stereocenters. The van der Waals surface area contributed by atoms with Gasteiger partial charge in [0.15, 0.2) is 0 Å². The highest BCUT2D eigenvalue weighted by Crippen LogP contribution is 2.19. The number of hydrogen-bond acceptors (Lipinski definition) is 6. The van der Waals surface area contributed by atoms with Crippen molar-refractivity contribution in [2.75, 3.05) is 19.7 Å². The summed E-state index contributed by atoms with van der Waals surface area (Å²) in [6.07, 6.45) is -1.27. The van der Waals surface area contributed by atoms with E-state index in [1.165, 1.54) is 0 Å². The van der Waals surface area contributed by atoms with Gasteiger partial charge in [0, 0.05) is 13.0 Å². The number of likely N-dealkylation sites (tertiary alicyclic amines) is 1. The summed E-state index contributed by atoms with van der Waals surface area (Å²) in [5.74, 6) is -0.819. The zero-order chi connectivity index (χ0) is 14.4. The Morgan fingerprint density at radius 2 is 1.79 bits per heavy atom. The average molecular weight is 277 g/mol. The van der Waals surface area contributed by atoms with Crippen LogP contribution in [0.1, 0.15) is 25.7 Å². The van der Waals surface area contributed by atoms with Crippen molar-refractivity contribution in [3.8, 4) is 0 Å². The van der Waals surface area contributed by atoms with Gasteiger partial charge in [-0.25, -0.2) is 0 Å². The van der Waals surface area contributed by atoms with Crippen LogP contribution in [0.5, 0.6) is 0 Å². The SMILES string of the molecule is O=C(O)CCCCCN1C[C@H](O)[C@@H](O)[C@H](O)[C@H]1CO. The fraction of sp³-hybridized carbons (Fsp3) is 0.917. The Balaban J connectivity index is 2.36. The largest absolute Gasteiger partial charge is 0.481 e. The Morgan fingerprint density at radius 3 is 2.37 bits per heavy atom. The van der Waals surface area contributed by atoms with E-state index in [9.17, 15) is 25.2 Å². The lowest BCUT2D eigenvalue weighted by atomic mass is 9.94. The van der Waals surface area contributed by atoms with Crippen molar-refractivity contribution in [2.45, 2.75) is 50.0 Å². The second-order valence-electron chi connectivity index (χ2n) is 5.00. The van der Waals surface area contributed by atoms with Crippen LogP contribution in [0.15, 0.2) is 0 Å². The molecule has 0 aromatic carbocycles. The second-order valence-corrected chi connectivity index (χ2v) is 5.00. The minimum atomic E-state index is -1.24. The van der Waals surface area contributed by atoms with Gasteiger partial charge in [-0.05, 0) is 19.4 Å². The molecular weight excluding hydrogens is 254 g/mol. The number of aliphatic carboxylic acids is 1. The quantitative estimate of drug-likeness (QED) is 0.355. The summed E-state index contributed by atoms with van der Waals surface area (Å²) in [5, 5.41) is 46.6. The van der Waals surface area contributed by atoms with Crippen molar-refractivity contribution < 1.29 is 30.3 Å². The maximum Gasteiger partial charge on any atom is 0.303 e. The highest BCUT2D eigenvalue weighted by molar-refractivity contribution is 5.66. The van der Waals surface area contributed by atoms with E-state index in [1.807, 2.05) is 0 Å². The number of unbranched alkanes of at least 4 members (excludes halogenated alkanes) is 2. The van der Waals surface area contributed by atoms with E-state index in [2.05, 4.69) is 0 Å².